The molecule has 0 aliphatic carbocycles. The molecule has 0 saturated carbocycles. The summed E-state index contributed by atoms with van der Waals surface area (Å²) >= 11 is 0. The van der Waals surface area contributed by atoms with Crippen LogP contribution in [0.1, 0.15) is 18.5 Å². The predicted molar refractivity (Wildman–Crippen MR) is 102 cm³/mol. The minimum absolute atomic E-state index is 0.163. The maximum atomic E-state index is 11.3. The first-order chi connectivity index (χ1) is 14.0. The van der Waals surface area contributed by atoms with Crippen LogP contribution >= 0.6 is 0 Å². The highest BCUT2D eigenvalue weighted by Gasteiger charge is 2.23. The number of nitriles is 1. The average Bonchev–Trinajstić information content (AvgIpc) is 2.73. The van der Waals surface area contributed by atoms with Crippen LogP contribution in [0.25, 0.3) is 0 Å². The lowest BCUT2D eigenvalue weighted by Crippen LogP contribution is -2.39. The molecule has 3 N–H and O–H groups in total. The van der Waals surface area contributed by atoms with Crippen LogP contribution in [-0.2, 0) is 0 Å². The number of nitrogens with one attached hydrogen (secondary N) is 2. The second kappa shape index (κ2) is 8.79. The molecule has 12 heteroatoms. The van der Waals surface area contributed by atoms with E-state index >= 15 is 0 Å². The number of amides is 1. The zero-order valence-corrected chi connectivity index (χ0v) is 15.3. The standard InChI is InChI=1S/C17H18N8O4/c18-6-12-8-21-16(10-19-12)23-15-5-13(14(9-22-15)25(28)29)20-7-11-1-3-24(4-2-11)17(26)27/h5,8-11H,1-4,7H2,(H,26,27)(H2,20,21,22,23). The van der Waals surface area contributed by atoms with Crippen molar-refractivity contribution < 1.29 is 14.8 Å². The van der Waals surface area contributed by atoms with E-state index in [0.29, 0.717) is 49.8 Å². The molecule has 1 amide bonds. The van der Waals surface area contributed by atoms with Gasteiger partial charge in [0.2, 0.25) is 0 Å². The lowest BCUT2D eigenvalue weighted by Gasteiger charge is -2.30. The Bertz CT molecular complexity index is 935. The summed E-state index contributed by atoms with van der Waals surface area (Å²) in [6, 6.07) is 3.37. The third-order valence-corrected chi connectivity index (χ3v) is 4.57. The molecule has 12 nitrogen and oxygen atoms in total. The molecule has 2 aromatic heterocycles. The van der Waals surface area contributed by atoms with Gasteiger partial charge in [-0.05, 0) is 18.8 Å². The molecule has 3 heterocycles. The number of hydrogen-bond acceptors (Lipinski definition) is 9. The first-order valence-electron chi connectivity index (χ1n) is 8.81. The van der Waals surface area contributed by atoms with E-state index in [9.17, 15) is 14.9 Å². The van der Waals surface area contributed by atoms with Crippen molar-refractivity contribution in [3.05, 3.63) is 40.5 Å². The molecule has 0 spiro atoms. The summed E-state index contributed by atoms with van der Waals surface area (Å²) in [5, 5.41) is 35.0. The zero-order chi connectivity index (χ0) is 20.8. The molecule has 1 aliphatic rings. The number of rotatable bonds is 6. The minimum atomic E-state index is -0.928. The second-order valence-electron chi connectivity index (χ2n) is 6.46. The first-order valence-corrected chi connectivity index (χ1v) is 8.81. The zero-order valence-electron chi connectivity index (χ0n) is 15.3. The number of nitrogens with zero attached hydrogens (tertiary/aromatic N) is 6. The van der Waals surface area contributed by atoms with Crippen molar-refractivity contribution in [2.75, 3.05) is 30.3 Å². The lowest BCUT2D eigenvalue weighted by atomic mass is 9.97. The van der Waals surface area contributed by atoms with Crippen molar-refractivity contribution in [1.29, 1.82) is 5.26 Å². The van der Waals surface area contributed by atoms with Gasteiger partial charge in [-0.2, -0.15) is 5.26 Å². The molecule has 0 bridgehead atoms. The number of nitro groups is 1. The Morgan fingerprint density at radius 2 is 2.00 bits per heavy atom. The van der Waals surface area contributed by atoms with Crippen molar-refractivity contribution in [1.82, 2.24) is 19.9 Å². The maximum absolute atomic E-state index is 11.3. The predicted octanol–water partition coefficient (Wildman–Crippen LogP) is 2.20. The van der Waals surface area contributed by atoms with Gasteiger partial charge in [0.25, 0.3) is 0 Å². The number of aromatic nitrogens is 3. The van der Waals surface area contributed by atoms with E-state index in [4.69, 9.17) is 10.4 Å². The van der Waals surface area contributed by atoms with Crippen LogP contribution in [0.4, 0.5) is 27.8 Å². The summed E-state index contributed by atoms with van der Waals surface area (Å²) in [6.07, 6.45) is 4.26. The van der Waals surface area contributed by atoms with Crippen molar-refractivity contribution >= 4 is 29.1 Å². The van der Waals surface area contributed by atoms with Gasteiger partial charge in [-0.1, -0.05) is 0 Å². The van der Waals surface area contributed by atoms with E-state index < -0.39 is 11.0 Å². The van der Waals surface area contributed by atoms with Crippen LogP contribution in [0.15, 0.2) is 24.7 Å². The van der Waals surface area contributed by atoms with Gasteiger partial charge in [0.15, 0.2) is 5.69 Å². The summed E-state index contributed by atoms with van der Waals surface area (Å²) in [7, 11) is 0. The van der Waals surface area contributed by atoms with Crippen molar-refractivity contribution in [2.45, 2.75) is 12.8 Å². The summed E-state index contributed by atoms with van der Waals surface area (Å²) < 4.78 is 0. The van der Waals surface area contributed by atoms with E-state index in [2.05, 4.69) is 25.6 Å². The number of likely N-dealkylation sites (tertiary alicyclic amines) is 1. The van der Waals surface area contributed by atoms with Crippen LogP contribution in [0.3, 0.4) is 0 Å². The Morgan fingerprint density at radius 1 is 1.28 bits per heavy atom. The van der Waals surface area contributed by atoms with Crippen LogP contribution in [0, 0.1) is 27.4 Å². The molecule has 0 radical (unpaired) electrons. The van der Waals surface area contributed by atoms with Gasteiger partial charge in [0.05, 0.1) is 17.3 Å². The summed E-state index contributed by atoms with van der Waals surface area (Å²) in [5.74, 6) is 0.884. The molecule has 150 valence electrons. The highest BCUT2D eigenvalue weighted by atomic mass is 16.6. The first kappa shape index (κ1) is 19.7. The molecule has 29 heavy (non-hydrogen) atoms. The molecular weight excluding hydrogens is 380 g/mol. The van der Waals surface area contributed by atoms with E-state index in [-0.39, 0.29) is 17.3 Å². The smallest absolute Gasteiger partial charge is 0.407 e. The van der Waals surface area contributed by atoms with Gasteiger partial charge < -0.3 is 20.6 Å². The quantitative estimate of drug-likeness (QED) is 0.484. The maximum Gasteiger partial charge on any atom is 0.407 e. The van der Waals surface area contributed by atoms with Crippen LogP contribution in [0.2, 0.25) is 0 Å². The van der Waals surface area contributed by atoms with E-state index in [1.165, 1.54) is 23.4 Å². The van der Waals surface area contributed by atoms with Crippen LogP contribution < -0.4 is 10.6 Å². The summed E-state index contributed by atoms with van der Waals surface area (Å²) in [6.45, 7) is 1.38. The lowest BCUT2D eigenvalue weighted by molar-refractivity contribution is -0.384. The Kier molecular flexibility index (Phi) is 5.98. The highest BCUT2D eigenvalue weighted by Crippen LogP contribution is 2.28. The fourth-order valence-electron chi connectivity index (χ4n) is 2.97. The fraction of sp³-hybridized carbons (Fsp3) is 0.353. The molecule has 0 aromatic carbocycles. The van der Waals surface area contributed by atoms with Crippen molar-refractivity contribution in [2.24, 2.45) is 5.92 Å². The normalized spacial score (nSPS) is 14.1. The SMILES string of the molecule is N#Cc1cnc(Nc2cc(NCC3CCN(C(=O)O)CC3)c([N+](=O)[O-])cn2)cn1. The number of piperidine rings is 1. The average molecular weight is 398 g/mol. The van der Waals surface area contributed by atoms with Gasteiger partial charge in [-0.3, -0.25) is 10.1 Å². The second-order valence-corrected chi connectivity index (χ2v) is 6.46. The number of carboxylic acid groups (broad SMARTS) is 1. The van der Waals surface area contributed by atoms with Gasteiger partial charge >= 0.3 is 11.8 Å². The Hall–Kier alpha value is -4.01. The molecule has 1 saturated heterocycles. The molecule has 2 aromatic rings. The van der Waals surface area contributed by atoms with Crippen LogP contribution in [-0.4, -0.2) is 55.6 Å². The largest absolute Gasteiger partial charge is 0.465 e. The minimum Gasteiger partial charge on any atom is -0.465 e. The molecule has 0 unspecified atom stereocenters. The number of pyridine rings is 1. The monoisotopic (exact) mass is 398 g/mol. The highest BCUT2D eigenvalue weighted by molar-refractivity contribution is 5.67. The molecule has 0 atom stereocenters. The van der Waals surface area contributed by atoms with Crippen molar-refractivity contribution in [3.63, 3.8) is 0 Å². The van der Waals surface area contributed by atoms with E-state index in [0.717, 1.165) is 6.20 Å². The van der Waals surface area contributed by atoms with Gasteiger partial charge in [0.1, 0.15) is 29.6 Å². The van der Waals surface area contributed by atoms with E-state index in [1.54, 1.807) is 0 Å². The summed E-state index contributed by atoms with van der Waals surface area (Å²) in [4.78, 5) is 35.1. The van der Waals surface area contributed by atoms with Gasteiger partial charge in [-0.15, -0.1) is 0 Å². The third-order valence-electron chi connectivity index (χ3n) is 4.57. The molecule has 3 rings (SSSR count). The Labute approximate surface area is 165 Å². The number of anilines is 3. The third kappa shape index (κ3) is 5.04. The van der Waals surface area contributed by atoms with Crippen molar-refractivity contribution in [3.8, 4) is 6.07 Å². The van der Waals surface area contributed by atoms with Gasteiger partial charge in [-0.25, -0.2) is 19.7 Å². The number of hydrogen-bond donors (Lipinski definition) is 3. The fourth-order valence-corrected chi connectivity index (χ4v) is 2.97. The Balaban J connectivity index is 1.68. The van der Waals surface area contributed by atoms with E-state index in [1.807, 2.05) is 6.07 Å². The van der Waals surface area contributed by atoms with Crippen LogP contribution in [0.5, 0.6) is 0 Å². The number of carbonyl (C=O) groups is 1. The molecule has 1 aliphatic heterocycles. The summed E-state index contributed by atoms with van der Waals surface area (Å²) in [5.41, 5.74) is 0.308. The Morgan fingerprint density at radius 3 is 2.59 bits per heavy atom. The molecule has 1 fully saturated rings. The topological polar surface area (TPSA) is 170 Å². The van der Waals surface area contributed by atoms with Gasteiger partial charge in [0, 0.05) is 25.7 Å². The molecular formula is C17H18N8O4.